The second-order valence-electron chi connectivity index (χ2n) is 4.92. The number of rotatable bonds is 5. The van der Waals surface area contributed by atoms with E-state index in [1.165, 1.54) is 12.3 Å². The van der Waals surface area contributed by atoms with Crippen LogP contribution in [0.15, 0.2) is 58.1 Å². The lowest BCUT2D eigenvalue weighted by molar-refractivity contribution is 0.0660. The second-order valence-corrected chi connectivity index (χ2v) is 4.92. The average Bonchev–Trinajstić information content (AvgIpc) is 3.00. The maximum atomic E-state index is 11.7. The first kappa shape index (κ1) is 14.7. The molecule has 0 aliphatic rings. The third kappa shape index (κ3) is 3.52. The molecule has 0 saturated carbocycles. The Hall–Kier alpha value is -3.22. The van der Waals surface area contributed by atoms with Crippen LogP contribution in [0.1, 0.15) is 27.7 Å². The number of carboxylic acids is 1. The topological polar surface area (TPSA) is 98.2 Å². The summed E-state index contributed by atoms with van der Waals surface area (Å²) in [5, 5.41) is 8.79. The van der Waals surface area contributed by atoms with E-state index in [2.05, 4.69) is 9.97 Å². The minimum absolute atomic E-state index is 0.0839. The van der Waals surface area contributed by atoms with Crippen LogP contribution in [-0.2, 0) is 13.0 Å². The molecule has 0 amide bonds. The molecule has 0 radical (unpaired) electrons. The Balaban J connectivity index is 1.70. The molecule has 23 heavy (non-hydrogen) atoms. The minimum Gasteiger partial charge on any atom is -0.475 e. The maximum Gasteiger partial charge on any atom is 0.373 e. The molecule has 0 aromatic carbocycles. The predicted molar refractivity (Wildman–Crippen MR) is 80.3 cm³/mol. The molecule has 0 aliphatic heterocycles. The largest absolute Gasteiger partial charge is 0.475 e. The summed E-state index contributed by atoms with van der Waals surface area (Å²) in [7, 11) is 0. The molecular formula is C16H13N3O4. The van der Waals surface area contributed by atoms with Gasteiger partial charge in [-0.15, -0.1) is 0 Å². The zero-order chi connectivity index (χ0) is 16.2. The van der Waals surface area contributed by atoms with Gasteiger partial charge < -0.3 is 14.1 Å². The van der Waals surface area contributed by atoms with Crippen molar-refractivity contribution in [2.75, 3.05) is 0 Å². The molecule has 0 saturated heterocycles. The van der Waals surface area contributed by atoms with E-state index in [0.29, 0.717) is 18.9 Å². The van der Waals surface area contributed by atoms with Crippen LogP contribution in [-0.4, -0.2) is 25.6 Å². The Morgan fingerprint density at radius 3 is 2.70 bits per heavy atom. The van der Waals surface area contributed by atoms with Crippen LogP contribution >= 0.6 is 0 Å². The minimum atomic E-state index is -1.15. The first-order chi connectivity index (χ1) is 11.1. The van der Waals surface area contributed by atoms with Crippen LogP contribution in [0.25, 0.3) is 0 Å². The molecule has 0 fully saturated rings. The van der Waals surface area contributed by atoms with E-state index in [0.717, 1.165) is 11.3 Å². The first-order valence-electron chi connectivity index (χ1n) is 6.89. The highest BCUT2D eigenvalue weighted by Gasteiger charge is 2.11. The van der Waals surface area contributed by atoms with E-state index >= 15 is 0 Å². The number of aromatic carboxylic acids is 1. The van der Waals surface area contributed by atoms with Crippen molar-refractivity contribution in [3.05, 3.63) is 82.2 Å². The van der Waals surface area contributed by atoms with Crippen molar-refractivity contribution < 1.29 is 14.3 Å². The number of hydrogen-bond donors (Lipinski definition) is 1. The molecule has 0 unspecified atom stereocenters. The number of nitrogens with zero attached hydrogens (tertiary/aromatic N) is 3. The molecule has 116 valence electrons. The van der Waals surface area contributed by atoms with E-state index in [-0.39, 0.29) is 11.3 Å². The monoisotopic (exact) mass is 311 g/mol. The van der Waals surface area contributed by atoms with Crippen LogP contribution in [0.2, 0.25) is 0 Å². The van der Waals surface area contributed by atoms with Gasteiger partial charge in [-0.2, -0.15) is 0 Å². The van der Waals surface area contributed by atoms with Crippen LogP contribution in [0.3, 0.4) is 0 Å². The Bertz CT molecular complexity index is 881. The third-order valence-corrected chi connectivity index (χ3v) is 3.24. The van der Waals surface area contributed by atoms with Gasteiger partial charge in [0, 0.05) is 18.5 Å². The van der Waals surface area contributed by atoms with Crippen molar-refractivity contribution in [1.82, 2.24) is 14.5 Å². The Morgan fingerprint density at radius 1 is 1.17 bits per heavy atom. The third-order valence-electron chi connectivity index (χ3n) is 3.24. The number of carbonyl (C=O) groups is 1. The molecular weight excluding hydrogens is 298 g/mol. The van der Waals surface area contributed by atoms with Gasteiger partial charge in [0.1, 0.15) is 0 Å². The highest BCUT2D eigenvalue weighted by molar-refractivity contribution is 5.83. The van der Waals surface area contributed by atoms with Gasteiger partial charge >= 0.3 is 5.97 Å². The summed E-state index contributed by atoms with van der Waals surface area (Å²) in [5.41, 5.74) is 1.51. The second kappa shape index (κ2) is 6.27. The summed E-state index contributed by atoms with van der Waals surface area (Å²) in [4.78, 5) is 30.6. The molecule has 0 bridgehead atoms. The van der Waals surface area contributed by atoms with Gasteiger partial charge in [0.05, 0.1) is 24.9 Å². The number of pyridine rings is 2. The van der Waals surface area contributed by atoms with Crippen LogP contribution in [0.4, 0.5) is 0 Å². The Kier molecular flexibility index (Phi) is 4.01. The van der Waals surface area contributed by atoms with Crippen molar-refractivity contribution in [3.8, 4) is 0 Å². The van der Waals surface area contributed by atoms with Crippen molar-refractivity contribution in [2.24, 2.45) is 0 Å². The summed E-state index contributed by atoms with van der Waals surface area (Å²) in [6.45, 7) is 0.391. The fourth-order valence-corrected chi connectivity index (χ4v) is 2.08. The van der Waals surface area contributed by atoms with E-state index in [9.17, 15) is 9.59 Å². The van der Waals surface area contributed by atoms with Crippen LogP contribution < -0.4 is 5.56 Å². The van der Waals surface area contributed by atoms with E-state index < -0.39 is 5.97 Å². The molecule has 0 aliphatic carbocycles. The highest BCUT2D eigenvalue weighted by Crippen LogP contribution is 2.10. The van der Waals surface area contributed by atoms with E-state index in [1.54, 1.807) is 29.1 Å². The van der Waals surface area contributed by atoms with Crippen molar-refractivity contribution >= 4 is 5.97 Å². The molecule has 7 heteroatoms. The van der Waals surface area contributed by atoms with Gasteiger partial charge in [-0.05, 0) is 17.7 Å². The lowest BCUT2D eigenvalue weighted by Gasteiger charge is -2.05. The van der Waals surface area contributed by atoms with Gasteiger partial charge in [0.25, 0.3) is 5.56 Å². The van der Waals surface area contributed by atoms with Gasteiger partial charge in [-0.1, -0.05) is 12.1 Å². The molecule has 3 aromatic rings. The fourth-order valence-electron chi connectivity index (χ4n) is 2.08. The smallest absolute Gasteiger partial charge is 0.373 e. The standard InChI is InChI=1S/C16H13N3O4/c20-15-3-1-2-6-19(15)10-12-5-4-11(8-17-12)7-14-18-9-13(23-14)16(21)22/h1-6,8-9H,7,10H2,(H,21,22). The number of hydrogen-bond acceptors (Lipinski definition) is 5. The average molecular weight is 311 g/mol. The molecule has 3 heterocycles. The molecule has 0 atom stereocenters. The molecule has 0 spiro atoms. The zero-order valence-electron chi connectivity index (χ0n) is 12.0. The molecule has 1 N–H and O–H groups in total. The summed E-state index contributed by atoms with van der Waals surface area (Å²) in [5.74, 6) is -1.02. The van der Waals surface area contributed by atoms with Crippen LogP contribution in [0.5, 0.6) is 0 Å². The quantitative estimate of drug-likeness (QED) is 0.768. The number of aromatic nitrogens is 3. The van der Waals surface area contributed by atoms with Gasteiger partial charge in [-0.3, -0.25) is 9.78 Å². The molecule has 7 nitrogen and oxygen atoms in total. The SMILES string of the molecule is O=C(O)c1cnc(Cc2ccc(Cn3ccccc3=O)nc2)o1. The Labute approximate surface area is 130 Å². The summed E-state index contributed by atoms with van der Waals surface area (Å²) < 4.78 is 6.67. The zero-order valence-corrected chi connectivity index (χ0v) is 12.0. The van der Waals surface area contributed by atoms with E-state index in [4.69, 9.17) is 9.52 Å². The molecule has 3 aromatic heterocycles. The lowest BCUT2D eigenvalue weighted by atomic mass is 10.2. The summed E-state index contributed by atoms with van der Waals surface area (Å²) in [6, 6.07) is 8.64. The van der Waals surface area contributed by atoms with Crippen molar-refractivity contribution in [1.29, 1.82) is 0 Å². The molecule has 3 rings (SSSR count). The normalized spacial score (nSPS) is 10.6. The van der Waals surface area contributed by atoms with E-state index in [1.807, 2.05) is 12.1 Å². The van der Waals surface area contributed by atoms with Gasteiger partial charge in [0.2, 0.25) is 5.76 Å². The highest BCUT2D eigenvalue weighted by atomic mass is 16.4. The first-order valence-corrected chi connectivity index (χ1v) is 6.89. The number of carboxylic acid groups (broad SMARTS) is 1. The lowest BCUT2D eigenvalue weighted by Crippen LogP contribution is -2.18. The summed E-state index contributed by atoms with van der Waals surface area (Å²) in [6.07, 6.45) is 4.90. The van der Waals surface area contributed by atoms with Gasteiger partial charge in [-0.25, -0.2) is 9.78 Å². The predicted octanol–water partition coefficient (Wildman–Crippen LogP) is 1.57. The van der Waals surface area contributed by atoms with Crippen LogP contribution in [0, 0.1) is 0 Å². The Morgan fingerprint density at radius 2 is 2.04 bits per heavy atom. The van der Waals surface area contributed by atoms with Crippen molar-refractivity contribution in [2.45, 2.75) is 13.0 Å². The number of oxazole rings is 1. The van der Waals surface area contributed by atoms with Crippen molar-refractivity contribution in [3.63, 3.8) is 0 Å². The van der Waals surface area contributed by atoms with Gasteiger partial charge in [0.15, 0.2) is 5.89 Å². The summed E-state index contributed by atoms with van der Waals surface area (Å²) >= 11 is 0. The maximum absolute atomic E-state index is 11.7. The fraction of sp³-hybridized carbons (Fsp3) is 0.125.